The summed E-state index contributed by atoms with van der Waals surface area (Å²) in [6.07, 6.45) is 1.23. The molecule has 4 nitrogen and oxygen atoms in total. The molecule has 1 aromatic heterocycles. The second-order valence-electron chi connectivity index (χ2n) is 4.86. The highest BCUT2D eigenvalue weighted by molar-refractivity contribution is 7.07. The second kappa shape index (κ2) is 5.93. The fourth-order valence-corrected chi connectivity index (χ4v) is 3.24. The molecule has 1 aromatic rings. The summed E-state index contributed by atoms with van der Waals surface area (Å²) in [7, 11) is 4.38. The van der Waals surface area contributed by atoms with Gasteiger partial charge >= 0.3 is 0 Å². The van der Waals surface area contributed by atoms with Crippen molar-refractivity contribution >= 4 is 11.3 Å². The fraction of sp³-hybridized carbons (Fsp3) is 0.667. The number of likely N-dealkylation sites (N-methyl/N-ethyl adjacent to an activating group) is 2. The molecule has 96 valence electrons. The summed E-state index contributed by atoms with van der Waals surface area (Å²) >= 11 is 1.73. The zero-order valence-corrected chi connectivity index (χ0v) is 11.4. The molecule has 2 heterocycles. The van der Waals surface area contributed by atoms with Crippen molar-refractivity contribution in [3.8, 4) is 0 Å². The van der Waals surface area contributed by atoms with E-state index in [-0.39, 0.29) is 6.04 Å². The third-order valence-electron chi connectivity index (χ3n) is 3.58. The number of nitrogens with two attached hydrogens (primary N) is 1. The third-order valence-corrected chi connectivity index (χ3v) is 4.28. The van der Waals surface area contributed by atoms with Crippen LogP contribution in [0.25, 0.3) is 0 Å². The summed E-state index contributed by atoms with van der Waals surface area (Å²) in [5, 5.41) is 4.29. The average molecular weight is 254 g/mol. The lowest BCUT2D eigenvalue weighted by atomic mass is 10.0. The number of hydrazine groups is 1. The predicted octanol–water partition coefficient (Wildman–Crippen LogP) is 0.888. The molecule has 1 saturated heterocycles. The molecule has 2 atom stereocenters. The zero-order valence-electron chi connectivity index (χ0n) is 10.6. The van der Waals surface area contributed by atoms with Crippen molar-refractivity contribution in [2.24, 2.45) is 5.84 Å². The van der Waals surface area contributed by atoms with Crippen molar-refractivity contribution in [3.63, 3.8) is 0 Å². The van der Waals surface area contributed by atoms with Crippen LogP contribution in [0.15, 0.2) is 16.8 Å². The maximum absolute atomic E-state index is 5.76. The van der Waals surface area contributed by atoms with Gasteiger partial charge in [-0.05, 0) is 56.0 Å². The Labute approximate surface area is 107 Å². The number of hydrogen-bond donors (Lipinski definition) is 2. The van der Waals surface area contributed by atoms with Crippen LogP contribution in [0.4, 0.5) is 0 Å². The van der Waals surface area contributed by atoms with Gasteiger partial charge in [0.2, 0.25) is 0 Å². The molecular weight excluding hydrogens is 232 g/mol. The molecule has 0 bridgehead atoms. The van der Waals surface area contributed by atoms with Gasteiger partial charge in [-0.2, -0.15) is 11.3 Å². The van der Waals surface area contributed by atoms with Gasteiger partial charge in [0.15, 0.2) is 0 Å². The molecule has 1 aliphatic heterocycles. The first-order chi connectivity index (χ1) is 8.22. The van der Waals surface area contributed by atoms with E-state index in [2.05, 4.69) is 46.1 Å². The molecule has 17 heavy (non-hydrogen) atoms. The minimum atomic E-state index is 0.215. The van der Waals surface area contributed by atoms with Gasteiger partial charge in [-0.25, -0.2) is 0 Å². The predicted molar refractivity (Wildman–Crippen MR) is 72.9 cm³/mol. The third kappa shape index (κ3) is 3.05. The van der Waals surface area contributed by atoms with Crippen LogP contribution < -0.4 is 11.3 Å². The summed E-state index contributed by atoms with van der Waals surface area (Å²) in [6.45, 7) is 3.36. The lowest BCUT2D eigenvalue weighted by Crippen LogP contribution is -2.48. The molecule has 0 amide bonds. The quantitative estimate of drug-likeness (QED) is 0.621. The summed E-state index contributed by atoms with van der Waals surface area (Å²) in [6, 6.07) is 2.81. The molecule has 0 saturated carbocycles. The Balaban J connectivity index is 2.16. The van der Waals surface area contributed by atoms with E-state index in [4.69, 9.17) is 5.84 Å². The van der Waals surface area contributed by atoms with Crippen LogP contribution in [0, 0.1) is 0 Å². The Morgan fingerprint density at radius 2 is 2.29 bits per heavy atom. The normalized spacial score (nSPS) is 25.7. The first-order valence-electron chi connectivity index (χ1n) is 6.09. The smallest absolute Gasteiger partial charge is 0.0635 e. The van der Waals surface area contributed by atoms with Crippen LogP contribution in [0.5, 0.6) is 0 Å². The van der Waals surface area contributed by atoms with Gasteiger partial charge in [-0.1, -0.05) is 0 Å². The van der Waals surface area contributed by atoms with E-state index in [9.17, 15) is 0 Å². The van der Waals surface area contributed by atoms with E-state index in [0.717, 1.165) is 13.1 Å². The number of nitrogens with zero attached hydrogens (tertiary/aromatic N) is 2. The number of nitrogens with one attached hydrogen (secondary N) is 1. The number of rotatable bonds is 3. The van der Waals surface area contributed by atoms with Crippen LogP contribution in [0.2, 0.25) is 0 Å². The minimum Gasteiger partial charge on any atom is -0.305 e. The van der Waals surface area contributed by atoms with Crippen molar-refractivity contribution in [3.05, 3.63) is 22.4 Å². The Kier molecular flexibility index (Phi) is 4.53. The standard InChI is InChI=1S/C12H22N4S/c1-15-5-3-6-16(2)11(8-15)12(14-13)10-4-7-17-9-10/h4,7,9,11-12,14H,3,5-6,8,13H2,1-2H3. The molecule has 2 rings (SSSR count). The molecule has 2 unspecified atom stereocenters. The molecular formula is C12H22N4S. The molecule has 0 radical (unpaired) electrons. The van der Waals surface area contributed by atoms with Crippen molar-refractivity contribution < 1.29 is 0 Å². The monoisotopic (exact) mass is 254 g/mol. The highest BCUT2D eigenvalue weighted by Crippen LogP contribution is 2.24. The molecule has 1 fully saturated rings. The molecule has 0 aromatic carbocycles. The molecule has 3 N–H and O–H groups in total. The van der Waals surface area contributed by atoms with Crippen LogP contribution in [0.3, 0.4) is 0 Å². The topological polar surface area (TPSA) is 44.5 Å². The summed E-state index contributed by atoms with van der Waals surface area (Å²) in [5.41, 5.74) is 4.29. The molecule has 5 heteroatoms. The first-order valence-corrected chi connectivity index (χ1v) is 7.03. The van der Waals surface area contributed by atoms with Crippen LogP contribution in [0.1, 0.15) is 18.0 Å². The Morgan fingerprint density at radius 3 is 2.94 bits per heavy atom. The largest absolute Gasteiger partial charge is 0.305 e. The average Bonchev–Trinajstić information content (AvgIpc) is 2.76. The lowest BCUT2D eigenvalue weighted by Gasteiger charge is -2.33. The summed E-state index contributed by atoms with van der Waals surface area (Å²) in [4.78, 5) is 4.82. The molecule has 0 spiro atoms. The molecule has 1 aliphatic rings. The van der Waals surface area contributed by atoms with E-state index in [1.807, 2.05) is 0 Å². The maximum atomic E-state index is 5.76. The minimum absolute atomic E-state index is 0.215. The van der Waals surface area contributed by atoms with E-state index in [0.29, 0.717) is 6.04 Å². The van der Waals surface area contributed by atoms with Gasteiger partial charge in [-0.3, -0.25) is 11.3 Å². The number of thiophene rings is 1. The van der Waals surface area contributed by atoms with Crippen molar-refractivity contribution in [1.82, 2.24) is 15.2 Å². The van der Waals surface area contributed by atoms with Gasteiger partial charge in [0.05, 0.1) is 6.04 Å². The molecule has 0 aliphatic carbocycles. The van der Waals surface area contributed by atoms with Crippen LogP contribution >= 0.6 is 11.3 Å². The summed E-state index contributed by atoms with van der Waals surface area (Å²) in [5.74, 6) is 5.76. The van der Waals surface area contributed by atoms with Gasteiger partial charge in [0, 0.05) is 12.6 Å². The first kappa shape index (κ1) is 13.0. The Bertz CT molecular complexity index is 327. The SMILES string of the molecule is CN1CCCN(C)C(C(NN)c2ccsc2)C1. The Hall–Kier alpha value is -0.460. The van der Waals surface area contributed by atoms with Crippen molar-refractivity contribution in [2.75, 3.05) is 33.7 Å². The number of hydrogen-bond acceptors (Lipinski definition) is 5. The van der Waals surface area contributed by atoms with Gasteiger partial charge in [-0.15, -0.1) is 0 Å². The van der Waals surface area contributed by atoms with Crippen molar-refractivity contribution in [2.45, 2.75) is 18.5 Å². The van der Waals surface area contributed by atoms with Gasteiger partial charge in [0.25, 0.3) is 0 Å². The fourth-order valence-electron chi connectivity index (χ4n) is 2.55. The van der Waals surface area contributed by atoms with E-state index < -0.39 is 0 Å². The van der Waals surface area contributed by atoms with Gasteiger partial charge in [0.1, 0.15) is 0 Å². The van der Waals surface area contributed by atoms with Crippen LogP contribution in [-0.2, 0) is 0 Å². The van der Waals surface area contributed by atoms with E-state index in [1.165, 1.54) is 18.5 Å². The highest BCUT2D eigenvalue weighted by atomic mass is 32.1. The maximum Gasteiger partial charge on any atom is 0.0635 e. The lowest BCUT2D eigenvalue weighted by molar-refractivity contribution is 0.179. The van der Waals surface area contributed by atoms with Crippen molar-refractivity contribution in [1.29, 1.82) is 0 Å². The van der Waals surface area contributed by atoms with E-state index in [1.54, 1.807) is 11.3 Å². The van der Waals surface area contributed by atoms with Crippen LogP contribution in [-0.4, -0.2) is 49.6 Å². The summed E-state index contributed by atoms with van der Waals surface area (Å²) < 4.78 is 0. The van der Waals surface area contributed by atoms with Gasteiger partial charge < -0.3 is 9.80 Å². The van der Waals surface area contributed by atoms with E-state index >= 15 is 0 Å². The highest BCUT2D eigenvalue weighted by Gasteiger charge is 2.29. The zero-order chi connectivity index (χ0) is 12.3. The Morgan fingerprint density at radius 1 is 1.47 bits per heavy atom. The second-order valence-corrected chi connectivity index (χ2v) is 5.64.